The van der Waals surface area contributed by atoms with Crippen LogP contribution in [-0.2, 0) is 11.3 Å². The molecule has 0 fully saturated rings. The Morgan fingerprint density at radius 1 is 1.23 bits per heavy atom. The summed E-state index contributed by atoms with van der Waals surface area (Å²) >= 11 is 6.44. The van der Waals surface area contributed by atoms with Crippen molar-refractivity contribution in [3.63, 3.8) is 0 Å². The van der Waals surface area contributed by atoms with Crippen LogP contribution in [0.1, 0.15) is 29.6 Å². The fourth-order valence-corrected chi connectivity index (χ4v) is 3.50. The minimum absolute atomic E-state index is 0.208. The van der Waals surface area contributed by atoms with E-state index in [9.17, 15) is 9.18 Å². The average molecular weight is 430 g/mol. The Balaban J connectivity index is 1.60. The molecular weight excluding hydrogens is 405 g/mol. The molecule has 8 heteroatoms. The number of nitrogens with one attached hydrogen (secondary N) is 1. The second-order valence-electron chi connectivity index (χ2n) is 7.47. The Bertz CT molecular complexity index is 1070. The van der Waals surface area contributed by atoms with Gasteiger partial charge in [-0.1, -0.05) is 18.5 Å². The molecule has 6 nitrogen and oxygen atoms in total. The van der Waals surface area contributed by atoms with Gasteiger partial charge in [-0.15, -0.1) is 0 Å². The Hall–Kier alpha value is -2.93. The third-order valence-corrected chi connectivity index (χ3v) is 5.10. The second-order valence-corrected chi connectivity index (χ2v) is 7.83. The van der Waals surface area contributed by atoms with Crippen molar-refractivity contribution in [2.24, 2.45) is 5.92 Å². The average Bonchev–Trinajstić information content (AvgIpc) is 3.16. The monoisotopic (exact) mass is 429 g/mol. The molecule has 1 unspecified atom stereocenters. The summed E-state index contributed by atoms with van der Waals surface area (Å²) in [5, 5.41) is 12.1. The number of aromatic nitrogens is 4. The zero-order valence-electron chi connectivity index (χ0n) is 17.5. The van der Waals surface area contributed by atoms with E-state index in [0.717, 1.165) is 17.9 Å². The predicted octanol–water partition coefficient (Wildman–Crippen LogP) is 4.25. The largest absolute Gasteiger partial charge is 0.352 e. The van der Waals surface area contributed by atoms with Crippen LogP contribution in [0.2, 0.25) is 5.15 Å². The minimum atomic E-state index is -0.331. The van der Waals surface area contributed by atoms with Gasteiger partial charge in [-0.25, -0.2) is 9.07 Å². The molecule has 30 heavy (non-hydrogen) atoms. The minimum Gasteiger partial charge on any atom is -0.352 e. The van der Waals surface area contributed by atoms with E-state index in [4.69, 9.17) is 11.6 Å². The van der Waals surface area contributed by atoms with Gasteiger partial charge in [0.1, 0.15) is 11.0 Å². The lowest BCUT2D eigenvalue weighted by Gasteiger charge is -2.13. The van der Waals surface area contributed by atoms with Crippen LogP contribution in [0.3, 0.4) is 0 Å². The number of benzene rings is 1. The van der Waals surface area contributed by atoms with Crippen molar-refractivity contribution in [1.29, 1.82) is 0 Å². The fourth-order valence-electron chi connectivity index (χ4n) is 3.17. The molecule has 0 saturated heterocycles. The van der Waals surface area contributed by atoms with Crippen LogP contribution in [0.4, 0.5) is 4.39 Å². The first kappa shape index (κ1) is 21.8. The summed E-state index contributed by atoms with van der Waals surface area (Å²) < 4.78 is 16.6. The lowest BCUT2D eigenvalue weighted by atomic mass is 10.2. The molecule has 0 saturated carbocycles. The summed E-state index contributed by atoms with van der Waals surface area (Å²) in [4.78, 5) is 12.2. The van der Waals surface area contributed by atoms with Gasteiger partial charge in [0.25, 0.3) is 0 Å². The third kappa shape index (κ3) is 5.16. The highest BCUT2D eigenvalue weighted by atomic mass is 35.5. The smallest absolute Gasteiger partial charge is 0.244 e. The maximum Gasteiger partial charge on any atom is 0.244 e. The van der Waals surface area contributed by atoms with Gasteiger partial charge in [0.15, 0.2) is 0 Å². The van der Waals surface area contributed by atoms with Crippen LogP contribution in [0.5, 0.6) is 0 Å². The van der Waals surface area contributed by atoms with Gasteiger partial charge >= 0.3 is 0 Å². The van der Waals surface area contributed by atoms with Gasteiger partial charge in [-0.05, 0) is 63.1 Å². The maximum atomic E-state index is 13.1. The molecule has 1 aromatic carbocycles. The number of amides is 1. The van der Waals surface area contributed by atoms with Gasteiger partial charge < -0.3 is 5.32 Å². The third-order valence-electron chi connectivity index (χ3n) is 4.73. The van der Waals surface area contributed by atoms with Gasteiger partial charge in [-0.3, -0.25) is 9.48 Å². The van der Waals surface area contributed by atoms with Crippen molar-refractivity contribution >= 4 is 23.6 Å². The molecular formula is C22H25ClFN5O. The highest BCUT2D eigenvalue weighted by Crippen LogP contribution is 2.24. The molecule has 0 bridgehead atoms. The Morgan fingerprint density at radius 3 is 2.57 bits per heavy atom. The molecule has 2 aromatic heterocycles. The van der Waals surface area contributed by atoms with Crippen LogP contribution in [-0.4, -0.2) is 32.0 Å². The van der Waals surface area contributed by atoms with Crippen molar-refractivity contribution in [3.8, 4) is 5.69 Å². The van der Waals surface area contributed by atoms with E-state index in [0.29, 0.717) is 28.6 Å². The summed E-state index contributed by atoms with van der Waals surface area (Å²) in [5.41, 5.74) is 4.05. The summed E-state index contributed by atoms with van der Waals surface area (Å²) in [6.45, 7) is 9.12. The Morgan fingerprint density at radius 2 is 1.93 bits per heavy atom. The van der Waals surface area contributed by atoms with Crippen molar-refractivity contribution < 1.29 is 9.18 Å². The van der Waals surface area contributed by atoms with Crippen LogP contribution in [0.25, 0.3) is 11.8 Å². The van der Waals surface area contributed by atoms with Gasteiger partial charge in [0.05, 0.1) is 17.1 Å². The normalized spacial score (nSPS) is 12.5. The molecule has 0 aliphatic heterocycles. The van der Waals surface area contributed by atoms with E-state index in [1.54, 1.807) is 25.1 Å². The van der Waals surface area contributed by atoms with Crippen molar-refractivity contribution in [2.45, 2.75) is 34.2 Å². The van der Waals surface area contributed by atoms with Gasteiger partial charge in [0.2, 0.25) is 5.91 Å². The predicted molar refractivity (Wildman–Crippen MR) is 116 cm³/mol. The van der Waals surface area contributed by atoms with Gasteiger partial charge in [0, 0.05) is 30.4 Å². The zero-order chi connectivity index (χ0) is 21.8. The molecule has 0 spiro atoms. The van der Waals surface area contributed by atoms with Crippen LogP contribution < -0.4 is 5.32 Å². The number of carbonyl (C=O) groups is 1. The van der Waals surface area contributed by atoms with Gasteiger partial charge in [-0.2, -0.15) is 10.2 Å². The molecule has 1 amide bonds. The lowest BCUT2D eigenvalue weighted by Crippen LogP contribution is -2.29. The zero-order valence-corrected chi connectivity index (χ0v) is 18.2. The standard InChI is InChI=1S/C22H25ClFN5O/c1-14(13-28-16(3)11-15(2)26-28)12-25-21(30)10-9-20-17(4)27-29(22(20)23)19-7-5-18(24)6-8-19/h5-11,14H,12-13H2,1-4H3,(H,25,30). The van der Waals surface area contributed by atoms with Crippen LogP contribution >= 0.6 is 11.6 Å². The van der Waals surface area contributed by atoms with E-state index < -0.39 is 0 Å². The van der Waals surface area contributed by atoms with E-state index in [1.165, 1.54) is 22.9 Å². The number of carbonyl (C=O) groups excluding carboxylic acids is 1. The van der Waals surface area contributed by atoms with E-state index in [2.05, 4.69) is 22.4 Å². The lowest BCUT2D eigenvalue weighted by molar-refractivity contribution is -0.116. The Labute approximate surface area is 180 Å². The maximum absolute atomic E-state index is 13.1. The van der Waals surface area contributed by atoms with Crippen molar-refractivity contribution in [3.05, 3.63) is 70.0 Å². The topological polar surface area (TPSA) is 64.7 Å². The Kier molecular flexibility index (Phi) is 6.72. The molecule has 158 valence electrons. The molecule has 3 rings (SSSR count). The van der Waals surface area contributed by atoms with Crippen molar-refractivity contribution in [2.75, 3.05) is 6.54 Å². The van der Waals surface area contributed by atoms with E-state index in [-0.39, 0.29) is 17.6 Å². The second kappa shape index (κ2) is 9.26. The van der Waals surface area contributed by atoms with Crippen LogP contribution in [0, 0.1) is 32.5 Å². The number of halogens is 2. The molecule has 3 aromatic rings. The molecule has 0 aliphatic rings. The molecule has 1 N–H and O–H groups in total. The van der Waals surface area contributed by atoms with E-state index >= 15 is 0 Å². The first-order valence-electron chi connectivity index (χ1n) is 9.72. The molecule has 0 aliphatic carbocycles. The highest BCUT2D eigenvalue weighted by molar-refractivity contribution is 6.31. The summed E-state index contributed by atoms with van der Waals surface area (Å²) in [6.07, 6.45) is 3.09. The quantitative estimate of drug-likeness (QED) is 0.571. The fraction of sp³-hybridized carbons (Fsp3) is 0.318. The summed E-state index contributed by atoms with van der Waals surface area (Å²) in [6, 6.07) is 7.92. The first-order chi connectivity index (χ1) is 14.2. The molecule has 1 atom stereocenters. The number of hydrogen-bond donors (Lipinski definition) is 1. The summed E-state index contributed by atoms with van der Waals surface area (Å²) in [5.74, 6) is -0.310. The SMILES string of the molecule is Cc1cc(C)n(CC(C)CNC(=O)C=Cc2c(C)nn(-c3ccc(F)cc3)c2Cl)n1. The molecule has 2 heterocycles. The molecule has 0 radical (unpaired) electrons. The van der Waals surface area contributed by atoms with Crippen molar-refractivity contribution in [1.82, 2.24) is 24.9 Å². The number of hydrogen-bond acceptors (Lipinski definition) is 3. The van der Waals surface area contributed by atoms with Crippen LogP contribution in [0.15, 0.2) is 36.4 Å². The van der Waals surface area contributed by atoms with E-state index in [1.807, 2.05) is 24.6 Å². The summed E-state index contributed by atoms with van der Waals surface area (Å²) in [7, 11) is 0. The number of aryl methyl sites for hydroxylation is 3. The highest BCUT2D eigenvalue weighted by Gasteiger charge is 2.13. The number of rotatable bonds is 7. The first-order valence-corrected chi connectivity index (χ1v) is 10.1. The number of nitrogens with zero attached hydrogens (tertiary/aromatic N) is 4.